The summed E-state index contributed by atoms with van der Waals surface area (Å²) >= 11 is 0. The smallest absolute Gasteiger partial charge is 0.306 e. The van der Waals surface area contributed by atoms with E-state index in [1.54, 1.807) is 0 Å². The van der Waals surface area contributed by atoms with Gasteiger partial charge in [0.2, 0.25) is 0 Å². The number of rotatable bonds is 47. The van der Waals surface area contributed by atoms with Gasteiger partial charge in [0.05, 0.1) is 0 Å². The summed E-state index contributed by atoms with van der Waals surface area (Å²) < 4.78 is 16.5. The van der Waals surface area contributed by atoms with Gasteiger partial charge in [0.1, 0.15) is 19.3 Å². The van der Waals surface area contributed by atoms with Crippen molar-refractivity contribution in [3.05, 3.63) is 48.6 Å². The quantitative estimate of drug-likeness (QED) is 0.0261. The van der Waals surface area contributed by atoms with Crippen LogP contribution in [0, 0.1) is 0 Å². The molecule has 0 aromatic heterocycles. The van der Waals surface area contributed by atoms with Crippen molar-refractivity contribution in [3.8, 4) is 0 Å². The lowest BCUT2D eigenvalue weighted by Gasteiger charge is -2.18. The third kappa shape index (κ3) is 48.4. The molecule has 0 bridgehead atoms. The largest absolute Gasteiger partial charge is 0.462 e. The molecule has 0 N–H and O–H groups in total. The SMILES string of the molecule is CCC/C=C\COC(=O)CCCCCCC/C=C\CCCCCCCCC(CCCCCCCC/C=C\CCCCCCCC(=O)OC/C=C\CCC)OC(=O)CCCN(C)C. The summed E-state index contributed by atoms with van der Waals surface area (Å²) in [6.07, 6.45) is 57.5. The van der Waals surface area contributed by atoms with E-state index < -0.39 is 0 Å². The molecular formula is C55H99NO6. The van der Waals surface area contributed by atoms with Crippen LogP contribution in [-0.2, 0) is 28.6 Å². The van der Waals surface area contributed by atoms with Gasteiger partial charge >= 0.3 is 17.9 Å². The molecule has 360 valence electrons. The number of esters is 3. The maximum Gasteiger partial charge on any atom is 0.306 e. The predicted molar refractivity (Wildman–Crippen MR) is 264 cm³/mol. The van der Waals surface area contributed by atoms with Crippen molar-refractivity contribution in [1.29, 1.82) is 0 Å². The minimum absolute atomic E-state index is 0.0148. The molecule has 0 aliphatic carbocycles. The van der Waals surface area contributed by atoms with Crippen molar-refractivity contribution in [2.45, 2.75) is 251 Å². The van der Waals surface area contributed by atoms with E-state index in [0.29, 0.717) is 32.5 Å². The summed E-state index contributed by atoms with van der Waals surface area (Å²) in [6.45, 7) is 6.03. The number of allylic oxidation sites excluding steroid dienone is 6. The molecule has 0 spiro atoms. The minimum atomic E-state index is -0.0683. The highest BCUT2D eigenvalue weighted by Crippen LogP contribution is 2.19. The van der Waals surface area contributed by atoms with Crippen molar-refractivity contribution in [3.63, 3.8) is 0 Å². The van der Waals surface area contributed by atoms with E-state index in [2.05, 4.69) is 69.3 Å². The summed E-state index contributed by atoms with van der Waals surface area (Å²) in [6, 6.07) is 0. The zero-order valence-corrected chi connectivity index (χ0v) is 41.2. The molecule has 0 atom stereocenters. The van der Waals surface area contributed by atoms with Crippen LogP contribution in [0.25, 0.3) is 0 Å². The van der Waals surface area contributed by atoms with Gasteiger partial charge in [-0.15, -0.1) is 0 Å². The van der Waals surface area contributed by atoms with Crippen molar-refractivity contribution in [2.75, 3.05) is 33.9 Å². The standard InChI is InChI=1S/C55H99NO6/c1-5-7-9-41-50-60-53(57)46-39-35-31-27-23-19-15-11-13-17-21-25-29-33-37-44-52(62-55(59)48-43-49-56(3)4)45-38-34-30-26-22-18-14-12-16-20-24-28-32-36-40-47-54(58)61-51-42-10-8-6-2/h9-12,15-16,41-42,52H,5-8,13-14,17-40,43-51H2,1-4H3/b15-11-,16-12-,41-9-,42-10-. The number of hydrogen-bond donors (Lipinski definition) is 0. The first-order valence-electron chi connectivity index (χ1n) is 26.1. The van der Waals surface area contributed by atoms with Gasteiger partial charge in [-0.05, 0) is 130 Å². The van der Waals surface area contributed by atoms with Crippen LogP contribution in [0.3, 0.4) is 0 Å². The third-order valence-electron chi connectivity index (χ3n) is 11.3. The van der Waals surface area contributed by atoms with Crippen LogP contribution in [0.15, 0.2) is 48.6 Å². The van der Waals surface area contributed by atoms with Crippen LogP contribution in [-0.4, -0.2) is 62.8 Å². The number of ether oxygens (including phenoxy) is 3. The van der Waals surface area contributed by atoms with Gasteiger partial charge in [0, 0.05) is 19.3 Å². The predicted octanol–water partition coefficient (Wildman–Crippen LogP) is 15.9. The third-order valence-corrected chi connectivity index (χ3v) is 11.3. The van der Waals surface area contributed by atoms with Crippen molar-refractivity contribution in [1.82, 2.24) is 4.90 Å². The van der Waals surface area contributed by atoms with E-state index in [0.717, 1.165) is 103 Å². The topological polar surface area (TPSA) is 82.1 Å². The molecular weight excluding hydrogens is 771 g/mol. The van der Waals surface area contributed by atoms with Gasteiger partial charge < -0.3 is 19.1 Å². The molecule has 0 rings (SSSR count). The summed E-state index contributed by atoms with van der Waals surface area (Å²) in [4.78, 5) is 38.3. The van der Waals surface area contributed by atoms with Gasteiger partial charge in [-0.3, -0.25) is 14.4 Å². The first kappa shape index (κ1) is 59.3. The van der Waals surface area contributed by atoms with E-state index in [4.69, 9.17) is 14.2 Å². The molecule has 7 nitrogen and oxygen atoms in total. The first-order valence-corrected chi connectivity index (χ1v) is 26.1. The molecule has 0 amide bonds. The van der Waals surface area contributed by atoms with Crippen molar-refractivity contribution < 1.29 is 28.6 Å². The van der Waals surface area contributed by atoms with Crippen LogP contribution in [0.1, 0.15) is 245 Å². The maximum absolute atomic E-state index is 12.6. The highest BCUT2D eigenvalue weighted by Gasteiger charge is 2.14. The Kier molecular flexibility index (Phi) is 47.2. The Morgan fingerprint density at radius 2 is 0.710 bits per heavy atom. The first-order chi connectivity index (χ1) is 30.4. The van der Waals surface area contributed by atoms with Crippen molar-refractivity contribution >= 4 is 17.9 Å². The molecule has 0 aliphatic rings. The highest BCUT2D eigenvalue weighted by molar-refractivity contribution is 5.70. The Morgan fingerprint density at radius 3 is 1.08 bits per heavy atom. The molecule has 0 saturated heterocycles. The molecule has 0 unspecified atom stereocenters. The molecule has 0 fully saturated rings. The normalized spacial score (nSPS) is 12.0. The van der Waals surface area contributed by atoms with E-state index >= 15 is 0 Å². The molecule has 0 aliphatic heterocycles. The van der Waals surface area contributed by atoms with E-state index in [1.807, 2.05) is 12.2 Å². The van der Waals surface area contributed by atoms with Crippen LogP contribution in [0.4, 0.5) is 0 Å². The summed E-state index contributed by atoms with van der Waals surface area (Å²) in [5, 5.41) is 0. The second-order valence-electron chi connectivity index (χ2n) is 17.9. The Morgan fingerprint density at radius 1 is 0.387 bits per heavy atom. The van der Waals surface area contributed by atoms with Gasteiger partial charge in [0.15, 0.2) is 0 Å². The molecule has 0 heterocycles. The summed E-state index contributed by atoms with van der Waals surface area (Å²) in [7, 11) is 4.10. The average molecular weight is 870 g/mol. The zero-order valence-electron chi connectivity index (χ0n) is 41.2. The maximum atomic E-state index is 12.6. The number of unbranched alkanes of at least 4 members (excludes halogenated alkanes) is 24. The molecule has 0 aromatic carbocycles. The zero-order chi connectivity index (χ0) is 45.2. The van der Waals surface area contributed by atoms with Crippen LogP contribution < -0.4 is 0 Å². The molecule has 62 heavy (non-hydrogen) atoms. The average Bonchev–Trinajstić information content (AvgIpc) is 3.25. The lowest BCUT2D eigenvalue weighted by atomic mass is 10.0. The lowest BCUT2D eigenvalue weighted by Crippen LogP contribution is -2.20. The van der Waals surface area contributed by atoms with Crippen LogP contribution in [0.5, 0.6) is 0 Å². The number of hydrogen-bond acceptors (Lipinski definition) is 7. The van der Waals surface area contributed by atoms with Gasteiger partial charge in [-0.1, -0.05) is 165 Å². The minimum Gasteiger partial charge on any atom is -0.462 e. The summed E-state index contributed by atoms with van der Waals surface area (Å²) in [5.74, 6) is -0.151. The molecule has 7 heteroatoms. The second kappa shape index (κ2) is 49.3. The Hall–Kier alpha value is -2.67. The van der Waals surface area contributed by atoms with E-state index in [9.17, 15) is 14.4 Å². The fourth-order valence-electron chi connectivity index (χ4n) is 7.46. The Balaban J connectivity index is 3.91. The van der Waals surface area contributed by atoms with Gasteiger partial charge in [-0.25, -0.2) is 0 Å². The Labute approximate surface area is 383 Å². The van der Waals surface area contributed by atoms with Gasteiger partial charge in [-0.2, -0.15) is 0 Å². The monoisotopic (exact) mass is 870 g/mol. The molecule has 0 radical (unpaired) electrons. The fourth-order valence-corrected chi connectivity index (χ4v) is 7.46. The van der Waals surface area contributed by atoms with Crippen molar-refractivity contribution in [2.24, 2.45) is 0 Å². The fraction of sp³-hybridized carbons (Fsp3) is 0.800. The van der Waals surface area contributed by atoms with Crippen LogP contribution >= 0.6 is 0 Å². The highest BCUT2D eigenvalue weighted by atomic mass is 16.5. The van der Waals surface area contributed by atoms with Gasteiger partial charge in [0.25, 0.3) is 0 Å². The Bertz CT molecular complexity index is 1040. The van der Waals surface area contributed by atoms with Crippen LogP contribution in [0.2, 0.25) is 0 Å². The summed E-state index contributed by atoms with van der Waals surface area (Å²) in [5.41, 5.74) is 0. The number of carbonyl (C=O) groups is 3. The van der Waals surface area contributed by atoms with E-state index in [1.165, 1.54) is 116 Å². The number of nitrogens with zero attached hydrogens (tertiary/aromatic N) is 1. The molecule has 0 aromatic rings. The lowest BCUT2D eigenvalue weighted by molar-refractivity contribution is -0.150. The second-order valence-corrected chi connectivity index (χ2v) is 17.9. The van der Waals surface area contributed by atoms with E-state index in [-0.39, 0.29) is 24.0 Å². The number of carbonyl (C=O) groups excluding carboxylic acids is 3. The molecule has 0 saturated carbocycles.